The maximum atomic E-state index is 13.4. The second kappa shape index (κ2) is 15.9. The normalized spacial score (nSPS) is 14.0. The van der Waals surface area contributed by atoms with E-state index in [1.54, 1.807) is 24.3 Å². The van der Waals surface area contributed by atoms with E-state index >= 15 is 0 Å². The molecule has 1 aliphatic heterocycles. The minimum atomic E-state index is -0.778. The summed E-state index contributed by atoms with van der Waals surface area (Å²) < 4.78 is 4.93. The summed E-state index contributed by atoms with van der Waals surface area (Å²) in [6, 6.07) is 34.4. The topological polar surface area (TPSA) is 103 Å². The van der Waals surface area contributed by atoms with Gasteiger partial charge in [0.05, 0.1) is 24.5 Å². The lowest BCUT2D eigenvalue weighted by Crippen LogP contribution is -2.48. The molecule has 0 bridgehead atoms. The molecule has 1 heterocycles. The third-order valence-electron chi connectivity index (χ3n) is 8.29. The predicted molar refractivity (Wildman–Crippen MR) is 187 cm³/mol. The summed E-state index contributed by atoms with van der Waals surface area (Å²) in [6.45, 7) is 6.98. The van der Waals surface area contributed by atoms with E-state index in [4.69, 9.17) is 4.74 Å². The van der Waals surface area contributed by atoms with Gasteiger partial charge in [0.15, 0.2) is 0 Å². The van der Waals surface area contributed by atoms with E-state index in [9.17, 15) is 14.4 Å². The Morgan fingerprint density at radius 1 is 0.745 bits per heavy atom. The van der Waals surface area contributed by atoms with Crippen LogP contribution in [0.4, 0.5) is 21.9 Å². The molecular formula is C38H43N5O4. The van der Waals surface area contributed by atoms with Gasteiger partial charge in [0.2, 0.25) is 0 Å². The fraction of sp³-hybridized carbons (Fsp3) is 0.289. The Morgan fingerprint density at radius 3 is 1.87 bits per heavy atom. The summed E-state index contributed by atoms with van der Waals surface area (Å²) in [6.07, 6.45) is 0.443. The first-order valence-electron chi connectivity index (χ1n) is 16.1. The number of para-hydroxylation sites is 1. The van der Waals surface area contributed by atoms with E-state index in [2.05, 4.69) is 74.3 Å². The number of anilines is 3. The van der Waals surface area contributed by atoms with E-state index in [1.807, 2.05) is 50.2 Å². The fourth-order valence-electron chi connectivity index (χ4n) is 6.03. The molecule has 47 heavy (non-hydrogen) atoms. The Morgan fingerprint density at radius 2 is 1.32 bits per heavy atom. The number of methoxy groups -OCH3 is 1. The number of ether oxygens (including phenoxy) is 1. The molecule has 4 aromatic rings. The minimum Gasteiger partial charge on any atom is -0.467 e. The lowest BCUT2D eigenvalue weighted by molar-refractivity contribution is -0.143. The van der Waals surface area contributed by atoms with Crippen LogP contribution in [-0.2, 0) is 9.53 Å². The van der Waals surface area contributed by atoms with E-state index < -0.39 is 23.9 Å². The Balaban J connectivity index is 1.38. The van der Waals surface area contributed by atoms with Gasteiger partial charge in [-0.15, -0.1) is 0 Å². The van der Waals surface area contributed by atoms with Crippen molar-refractivity contribution in [3.63, 3.8) is 0 Å². The molecule has 0 aromatic heterocycles. The zero-order valence-electron chi connectivity index (χ0n) is 27.2. The molecule has 3 N–H and O–H groups in total. The van der Waals surface area contributed by atoms with Gasteiger partial charge in [0.25, 0.3) is 5.91 Å². The molecule has 1 atom stereocenters. The number of nitrogens with one attached hydrogen (secondary N) is 3. The molecule has 1 fully saturated rings. The number of piperazine rings is 1. The first-order valence-corrected chi connectivity index (χ1v) is 16.1. The van der Waals surface area contributed by atoms with Crippen molar-refractivity contribution in [2.75, 3.05) is 48.8 Å². The highest BCUT2D eigenvalue weighted by molar-refractivity contribution is 6.04. The number of nitrogens with zero attached hydrogens (tertiary/aromatic N) is 2. The van der Waals surface area contributed by atoms with Gasteiger partial charge in [-0.05, 0) is 53.8 Å². The van der Waals surface area contributed by atoms with Crippen LogP contribution in [0.5, 0.6) is 0 Å². The van der Waals surface area contributed by atoms with Gasteiger partial charge in [0, 0.05) is 37.4 Å². The standard InChI is InChI=1S/C38H43N5O4/c1-27(2)25-33(37(45)47-3)40-36(44)30-19-20-34(32(26-30)41-38(46)39-31-17-11-6-12-18-31)42-21-23-43(24-22-42)35(28-13-7-4-8-14-28)29-15-9-5-10-16-29/h4-20,26-27,33,35H,21-25H2,1-3H3,(H,40,44)(H2,39,41,46). The number of amides is 3. The van der Waals surface area contributed by atoms with Crippen LogP contribution < -0.4 is 20.9 Å². The van der Waals surface area contributed by atoms with Crippen LogP contribution in [0.15, 0.2) is 109 Å². The molecule has 5 rings (SSSR count). The van der Waals surface area contributed by atoms with Crippen LogP contribution in [0.3, 0.4) is 0 Å². The van der Waals surface area contributed by atoms with E-state index in [-0.39, 0.29) is 12.0 Å². The number of carbonyl (C=O) groups excluding carboxylic acids is 3. The number of hydrogen-bond acceptors (Lipinski definition) is 6. The number of urea groups is 1. The van der Waals surface area contributed by atoms with E-state index in [1.165, 1.54) is 18.2 Å². The van der Waals surface area contributed by atoms with E-state index in [0.717, 1.165) is 31.9 Å². The molecule has 4 aromatic carbocycles. The first-order chi connectivity index (χ1) is 22.8. The van der Waals surface area contributed by atoms with Crippen LogP contribution in [-0.4, -0.2) is 62.1 Å². The highest BCUT2D eigenvalue weighted by Gasteiger charge is 2.28. The summed E-state index contributed by atoms with van der Waals surface area (Å²) in [5, 5.41) is 8.67. The molecule has 9 nitrogen and oxygen atoms in total. The maximum absolute atomic E-state index is 13.4. The second-order valence-corrected chi connectivity index (χ2v) is 12.1. The Kier molecular flexibility index (Phi) is 11.2. The van der Waals surface area contributed by atoms with Crippen molar-refractivity contribution < 1.29 is 19.1 Å². The minimum absolute atomic E-state index is 0.119. The van der Waals surface area contributed by atoms with Crippen molar-refractivity contribution in [2.45, 2.75) is 32.4 Å². The van der Waals surface area contributed by atoms with Gasteiger partial charge in [-0.25, -0.2) is 9.59 Å². The van der Waals surface area contributed by atoms with Gasteiger partial charge in [-0.2, -0.15) is 0 Å². The molecular weight excluding hydrogens is 590 g/mol. The average molecular weight is 634 g/mol. The van der Waals surface area contributed by atoms with Crippen LogP contribution in [0.2, 0.25) is 0 Å². The quantitative estimate of drug-likeness (QED) is 0.162. The van der Waals surface area contributed by atoms with Crippen molar-refractivity contribution in [2.24, 2.45) is 5.92 Å². The summed E-state index contributed by atoms with van der Waals surface area (Å²) in [5.41, 5.74) is 4.77. The molecule has 1 saturated heterocycles. The van der Waals surface area contributed by atoms with Crippen molar-refractivity contribution in [3.05, 3.63) is 126 Å². The highest BCUT2D eigenvalue weighted by atomic mass is 16.5. The van der Waals surface area contributed by atoms with Gasteiger partial charge in [-0.3, -0.25) is 9.69 Å². The molecule has 0 radical (unpaired) electrons. The van der Waals surface area contributed by atoms with Gasteiger partial charge >= 0.3 is 12.0 Å². The third-order valence-corrected chi connectivity index (χ3v) is 8.29. The highest BCUT2D eigenvalue weighted by Crippen LogP contribution is 2.33. The van der Waals surface area contributed by atoms with Crippen LogP contribution in [0.1, 0.15) is 47.8 Å². The summed E-state index contributed by atoms with van der Waals surface area (Å²) in [5.74, 6) is -0.744. The lowest BCUT2D eigenvalue weighted by atomic mass is 9.96. The second-order valence-electron chi connectivity index (χ2n) is 12.1. The predicted octanol–water partition coefficient (Wildman–Crippen LogP) is 6.56. The summed E-state index contributed by atoms with van der Waals surface area (Å²) >= 11 is 0. The van der Waals surface area contributed by atoms with Crippen LogP contribution in [0.25, 0.3) is 0 Å². The van der Waals surface area contributed by atoms with Gasteiger partial charge in [0.1, 0.15) is 6.04 Å². The number of benzene rings is 4. The molecule has 0 spiro atoms. The van der Waals surface area contributed by atoms with Crippen LogP contribution >= 0.6 is 0 Å². The number of rotatable bonds is 11. The van der Waals surface area contributed by atoms with Gasteiger partial charge < -0.3 is 25.6 Å². The average Bonchev–Trinajstić information content (AvgIpc) is 3.09. The zero-order valence-corrected chi connectivity index (χ0v) is 27.2. The largest absolute Gasteiger partial charge is 0.467 e. The fourth-order valence-corrected chi connectivity index (χ4v) is 6.03. The van der Waals surface area contributed by atoms with Crippen molar-refractivity contribution in [1.82, 2.24) is 10.2 Å². The summed E-state index contributed by atoms with van der Waals surface area (Å²) in [7, 11) is 1.31. The number of carbonyl (C=O) groups is 3. The monoisotopic (exact) mass is 633 g/mol. The zero-order chi connectivity index (χ0) is 33.2. The SMILES string of the molecule is COC(=O)C(CC(C)C)NC(=O)c1ccc(N2CCN(C(c3ccccc3)c3ccccc3)CC2)c(NC(=O)Nc2ccccc2)c1. The molecule has 1 aliphatic rings. The molecule has 9 heteroatoms. The smallest absolute Gasteiger partial charge is 0.328 e. The molecule has 0 aliphatic carbocycles. The van der Waals surface area contributed by atoms with Crippen molar-refractivity contribution in [1.29, 1.82) is 0 Å². The summed E-state index contributed by atoms with van der Waals surface area (Å²) in [4.78, 5) is 43.7. The van der Waals surface area contributed by atoms with E-state index in [0.29, 0.717) is 23.4 Å². The molecule has 3 amide bonds. The molecule has 1 unspecified atom stereocenters. The molecule has 0 saturated carbocycles. The third kappa shape index (κ3) is 8.77. The lowest BCUT2D eigenvalue weighted by Gasteiger charge is -2.41. The van der Waals surface area contributed by atoms with Gasteiger partial charge in [-0.1, -0.05) is 92.7 Å². The van der Waals surface area contributed by atoms with Crippen molar-refractivity contribution in [3.8, 4) is 0 Å². The van der Waals surface area contributed by atoms with Crippen molar-refractivity contribution >= 4 is 35.0 Å². The Bertz CT molecular complexity index is 1580. The number of hydrogen-bond donors (Lipinski definition) is 3. The van der Waals surface area contributed by atoms with Crippen LogP contribution in [0, 0.1) is 5.92 Å². The Labute approximate surface area is 276 Å². The maximum Gasteiger partial charge on any atom is 0.328 e. The Hall–Kier alpha value is -5.15. The molecule has 244 valence electrons. The number of esters is 1. The first kappa shape index (κ1) is 33.2.